The molecule has 1 atom stereocenters. The molecule has 1 aromatic heterocycles. The Morgan fingerprint density at radius 2 is 2.00 bits per heavy atom. The van der Waals surface area contributed by atoms with E-state index in [0.717, 1.165) is 11.3 Å². The third kappa shape index (κ3) is 6.69. The van der Waals surface area contributed by atoms with Crippen molar-refractivity contribution in [2.45, 2.75) is 45.0 Å². The molecule has 29 heavy (non-hydrogen) atoms. The average Bonchev–Trinajstić information content (AvgIpc) is 3.22. The molecule has 0 saturated carbocycles. The molecule has 0 aliphatic heterocycles. The Morgan fingerprint density at radius 1 is 1.28 bits per heavy atom. The molecule has 0 fully saturated rings. The van der Waals surface area contributed by atoms with Gasteiger partial charge in [-0.3, -0.25) is 4.79 Å². The lowest BCUT2D eigenvalue weighted by atomic mass is 10.0. The number of rotatable bonds is 9. The smallest absolute Gasteiger partial charge is 0.230 e. The van der Waals surface area contributed by atoms with Crippen LogP contribution >= 0.6 is 11.3 Å². The molecule has 0 aliphatic carbocycles. The third-order valence-electron chi connectivity index (χ3n) is 3.59. The predicted molar refractivity (Wildman–Crippen MR) is 119 cm³/mol. The second-order valence-corrected chi connectivity index (χ2v) is 6.80. The number of nitrogens with zero attached hydrogens (tertiary/aromatic N) is 1. The van der Waals surface area contributed by atoms with E-state index in [0.29, 0.717) is 0 Å². The number of hydrogen-bond acceptors (Lipinski definition) is 5. The Labute approximate surface area is 193 Å². The highest BCUT2D eigenvalue weighted by Crippen LogP contribution is 2.21. The molecule has 152 valence electrons. The highest BCUT2D eigenvalue weighted by Gasteiger charge is 2.08. The van der Waals surface area contributed by atoms with Crippen LogP contribution in [0.15, 0.2) is 53.7 Å². The van der Waals surface area contributed by atoms with Gasteiger partial charge in [0.2, 0.25) is 5.91 Å². The zero-order chi connectivity index (χ0) is 32.1. The molecule has 2 aromatic carbocycles. The van der Waals surface area contributed by atoms with E-state index in [4.69, 9.17) is 23.6 Å². The number of aliphatic hydroxyl groups excluding tert-OH is 1. The molecule has 0 saturated heterocycles. The van der Waals surface area contributed by atoms with Gasteiger partial charge in [0.15, 0.2) is 5.13 Å². The summed E-state index contributed by atoms with van der Waals surface area (Å²) in [7, 11) is 0. The van der Waals surface area contributed by atoms with E-state index in [1.807, 2.05) is 0 Å². The van der Waals surface area contributed by atoms with Gasteiger partial charge in [0.1, 0.15) is 0 Å². The zero-order valence-corrected chi connectivity index (χ0v) is 16.3. The van der Waals surface area contributed by atoms with E-state index >= 15 is 0 Å². The van der Waals surface area contributed by atoms with Crippen LogP contribution in [0.2, 0.25) is 0 Å². The molecule has 0 unspecified atom stereocenters. The van der Waals surface area contributed by atoms with Crippen molar-refractivity contribution in [3.63, 3.8) is 0 Å². The van der Waals surface area contributed by atoms with Crippen LogP contribution in [0.5, 0.6) is 0 Å². The highest BCUT2D eigenvalue weighted by atomic mass is 32.1. The number of aliphatic hydroxyl groups is 1. The minimum absolute atomic E-state index is 0.0344. The molecule has 0 radical (unpaired) electrons. The van der Waals surface area contributed by atoms with E-state index in [2.05, 4.69) is 10.3 Å². The largest absolute Gasteiger partial charge is 0.388 e. The second kappa shape index (κ2) is 10.2. The summed E-state index contributed by atoms with van der Waals surface area (Å²) in [5.74, 6) is -0.833. The summed E-state index contributed by atoms with van der Waals surface area (Å²) in [5, 5.41) is 12.9. The topological polar surface area (TPSA) is 88.2 Å². The second-order valence-electron chi connectivity index (χ2n) is 5.97. The number of hydrogen-bond donors (Lipinski definition) is 3. The van der Waals surface area contributed by atoms with Crippen LogP contribution in [0.4, 0.5) is 10.8 Å². The minimum Gasteiger partial charge on any atom is -0.388 e. The van der Waals surface area contributed by atoms with Gasteiger partial charge in [0, 0.05) is 16.5 Å². The number of thiazole rings is 1. The summed E-state index contributed by atoms with van der Waals surface area (Å²) in [6.45, 7) is 1.38. The van der Waals surface area contributed by atoms with E-state index in [-0.39, 0.29) is 39.4 Å². The summed E-state index contributed by atoms with van der Waals surface area (Å²) in [5.41, 5.74) is 3.73. The Balaban J connectivity index is 1.91. The first-order valence-corrected chi connectivity index (χ1v) is 9.43. The van der Waals surface area contributed by atoms with Gasteiger partial charge in [-0.2, -0.15) is 0 Å². The van der Waals surface area contributed by atoms with Crippen molar-refractivity contribution in [3.8, 4) is 0 Å². The summed E-state index contributed by atoms with van der Waals surface area (Å²) in [6.07, 6.45) is -9.55. The number of carbonyl (C=O) groups is 1. The SMILES string of the molecule is [2H]c1sc(N)nc1CC(=O)Nc1c([2H])c([2H])c(C([2H])([2H])C([2H])([2H])CC[C@H](O)c2c([2H])c([2H])c(C)c([2H])c2[2H])c([2H])c1[2H]. The molecule has 4 N–H and O–H groups in total. The standard InChI is InChI=1S/C23H27N3O2S/c1-16-6-10-18(11-7-16)21(27)5-3-2-4-17-8-12-19(13-9-17)25-22(28)14-20-15-29-23(24)26-20/h6-13,15,21,27H,2-5,14H2,1H3,(H2,24,26)(H,25,28)/t21-/m0/s1/i2D2,4D2,6D,7D,8D,9D,10D,11D,12D,13D,15D. The Hall–Kier alpha value is -2.70. The summed E-state index contributed by atoms with van der Waals surface area (Å²) < 4.78 is 107. The van der Waals surface area contributed by atoms with Crippen LogP contribution in [0.3, 0.4) is 0 Å². The molecule has 0 spiro atoms. The summed E-state index contributed by atoms with van der Waals surface area (Å²) in [6, 6.07) is -5.36. The van der Waals surface area contributed by atoms with E-state index in [1.54, 1.807) is 0 Å². The summed E-state index contributed by atoms with van der Waals surface area (Å²) in [4.78, 5) is 16.4. The monoisotopic (exact) mass is 422 g/mol. The maximum absolute atomic E-state index is 12.5. The van der Waals surface area contributed by atoms with Gasteiger partial charge in [-0.15, -0.1) is 11.3 Å². The fraction of sp³-hybridized carbons (Fsp3) is 0.304. The number of anilines is 2. The van der Waals surface area contributed by atoms with Gasteiger partial charge in [0.25, 0.3) is 0 Å². The Morgan fingerprint density at radius 3 is 2.66 bits per heavy atom. The normalized spacial score (nSPS) is 19.3. The fourth-order valence-corrected chi connectivity index (χ4v) is 2.69. The maximum atomic E-state index is 12.5. The van der Waals surface area contributed by atoms with Crippen LogP contribution in [-0.4, -0.2) is 16.0 Å². The lowest BCUT2D eigenvalue weighted by Crippen LogP contribution is -2.14. The molecule has 3 rings (SSSR count). The molecule has 3 aromatic rings. The van der Waals surface area contributed by atoms with E-state index in [9.17, 15) is 9.90 Å². The van der Waals surface area contributed by atoms with Gasteiger partial charge < -0.3 is 16.2 Å². The van der Waals surface area contributed by atoms with E-state index < -0.39 is 91.5 Å². The van der Waals surface area contributed by atoms with Crippen molar-refractivity contribution in [1.82, 2.24) is 4.98 Å². The van der Waals surface area contributed by atoms with Crippen molar-refractivity contribution in [2.75, 3.05) is 11.1 Å². The molecule has 0 aliphatic rings. The van der Waals surface area contributed by atoms with Crippen molar-refractivity contribution in [3.05, 3.63) is 76.1 Å². The van der Waals surface area contributed by atoms with Crippen LogP contribution < -0.4 is 11.1 Å². The number of amides is 1. The molecule has 1 amide bonds. The third-order valence-corrected chi connectivity index (χ3v) is 4.23. The van der Waals surface area contributed by atoms with Crippen molar-refractivity contribution in [1.29, 1.82) is 0 Å². The molecule has 5 nitrogen and oxygen atoms in total. The number of benzene rings is 2. The number of nitrogen functional groups attached to an aromatic ring is 1. The molecule has 1 heterocycles. The van der Waals surface area contributed by atoms with Crippen LogP contribution in [-0.2, 0) is 17.6 Å². The Bertz CT molecular complexity index is 1500. The van der Waals surface area contributed by atoms with Crippen LogP contribution in [0.25, 0.3) is 0 Å². The number of nitrogens with two attached hydrogens (primary N) is 1. The van der Waals surface area contributed by atoms with Gasteiger partial charge in [0.05, 0.1) is 30.6 Å². The summed E-state index contributed by atoms with van der Waals surface area (Å²) >= 11 is 0.834. The number of nitrogens with one attached hydrogen (secondary N) is 1. The first-order valence-electron chi connectivity index (χ1n) is 15.1. The number of carbonyl (C=O) groups excluding carboxylic acids is 1. The van der Waals surface area contributed by atoms with E-state index in [1.165, 1.54) is 6.92 Å². The van der Waals surface area contributed by atoms with Crippen LogP contribution in [0, 0.1) is 6.92 Å². The van der Waals surface area contributed by atoms with Crippen molar-refractivity contribution in [2.24, 2.45) is 0 Å². The zero-order valence-electron chi connectivity index (χ0n) is 28.5. The van der Waals surface area contributed by atoms with Gasteiger partial charge in [-0.25, -0.2) is 4.98 Å². The van der Waals surface area contributed by atoms with Gasteiger partial charge >= 0.3 is 0 Å². The first kappa shape index (κ1) is 9.87. The molecule has 0 bridgehead atoms. The minimum atomic E-state index is -3.16. The predicted octanol–water partition coefficient (Wildman–Crippen LogP) is 4.66. The molecular weight excluding hydrogens is 382 g/mol. The van der Waals surface area contributed by atoms with Crippen molar-refractivity contribution >= 4 is 28.1 Å². The van der Waals surface area contributed by atoms with Gasteiger partial charge in [-0.1, -0.05) is 48.2 Å². The fourth-order valence-electron chi connectivity index (χ4n) is 2.19. The molecule has 6 heteroatoms. The lowest BCUT2D eigenvalue weighted by molar-refractivity contribution is -0.115. The quantitative estimate of drug-likeness (QED) is 0.468. The first-order chi connectivity index (χ1) is 19.2. The highest BCUT2D eigenvalue weighted by molar-refractivity contribution is 7.13. The van der Waals surface area contributed by atoms with Gasteiger partial charge in [-0.05, 0) is 49.3 Å². The Kier molecular flexibility index (Phi) is 3.47. The van der Waals surface area contributed by atoms with Crippen LogP contribution in [0.1, 0.15) is 65.5 Å². The lowest BCUT2D eigenvalue weighted by Gasteiger charge is -2.11. The average molecular weight is 423 g/mol. The molecular formula is C23H27N3O2S. The maximum Gasteiger partial charge on any atom is 0.230 e. The van der Waals surface area contributed by atoms with Crippen molar-refractivity contribution < 1.29 is 27.7 Å². The number of aromatic nitrogens is 1.